The minimum absolute atomic E-state index is 0.0239. The Balaban J connectivity index is 1.18. The predicted molar refractivity (Wildman–Crippen MR) is 116 cm³/mol. The van der Waals surface area contributed by atoms with E-state index in [2.05, 4.69) is 15.2 Å². The van der Waals surface area contributed by atoms with Crippen LogP contribution in [0.3, 0.4) is 0 Å². The molecule has 4 rings (SSSR count). The zero-order valence-electron chi connectivity index (χ0n) is 17.8. The molecule has 3 heterocycles. The first-order chi connectivity index (χ1) is 15.4. The van der Waals surface area contributed by atoms with Crippen LogP contribution in [0.15, 0.2) is 36.4 Å². The van der Waals surface area contributed by atoms with Crippen molar-refractivity contribution in [2.24, 2.45) is 0 Å². The van der Waals surface area contributed by atoms with Crippen LogP contribution in [0.5, 0.6) is 5.88 Å². The van der Waals surface area contributed by atoms with E-state index in [0.717, 1.165) is 44.1 Å². The zero-order valence-corrected chi connectivity index (χ0v) is 17.8. The maximum atomic E-state index is 13.3. The number of rotatable bonds is 7. The lowest BCUT2D eigenvalue weighted by molar-refractivity contribution is -0.137. The number of carbonyl (C=O) groups is 1. The Morgan fingerprint density at radius 3 is 2.56 bits per heavy atom. The molecule has 32 heavy (non-hydrogen) atoms. The maximum absolute atomic E-state index is 13.3. The van der Waals surface area contributed by atoms with E-state index in [1.54, 1.807) is 12.1 Å². The van der Waals surface area contributed by atoms with Gasteiger partial charge in [-0.15, -0.1) is 0 Å². The number of hydrogen-bond donors (Lipinski definition) is 1. The van der Waals surface area contributed by atoms with Crippen LogP contribution >= 0.6 is 0 Å². The van der Waals surface area contributed by atoms with Crippen LogP contribution in [0.25, 0.3) is 0 Å². The summed E-state index contributed by atoms with van der Waals surface area (Å²) in [5, 5.41) is 2.77. The summed E-state index contributed by atoms with van der Waals surface area (Å²) in [6.07, 6.45) is -1.38. The molecule has 0 unspecified atom stereocenters. The Morgan fingerprint density at radius 1 is 1.00 bits per heavy atom. The van der Waals surface area contributed by atoms with Crippen molar-refractivity contribution in [3.63, 3.8) is 0 Å². The molecule has 2 aromatic rings. The van der Waals surface area contributed by atoms with Crippen molar-refractivity contribution in [3.8, 4) is 5.88 Å². The highest BCUT2D eigenvalue weighted by Crippen LogP contribution is 2.36. The fraction of sp³-hybridized carbons (Fsp3) is 0.478. The lowest BCUT2D eigenvalue weighted by Crippen LogP contribution is -2.47. The fourth-order valence-electron chi connectivity index (χ4n) is 4.12. The van der Waals surface area contributed by atoms with Crippen LogP contribution in [-0.4, -0.2) is 55.1 Å². The highest BCUT2D eigenvalue weighted by Gasteiger charge is 2.35. The highest BCUT2D eigenvalue weighted by molar-refractivity contribution is 5.92. The van der Waals surface area contributed by atoms with Crippen molar-refractivity contribution in [2.45, 2.75) is 31.9 Å². The van der Waals surface area contributed by atoms with Gasteiger partial charge in [-0.05, 0) is 49.6 Å². The number of unbranched alkanes of at least 4 members (excludes halogenated alkanes) is 1. The monoisotopic (exact) mass is 448 g/mol. The van der Waals surface area contributed by atoms with E-state index in [4.69, 9.17) is 4.74 Å². The van der Waals surface area contributed by atoms with Gasteiger partial charge in [-0.1, -0.05) is 12.1 Å². The van der Waals surface area contributed by atoms with Gasteiger partial charge in [-0.3, -0.25) is 9.69 Å². The van der Waals surface area contributed by atoms with Crippen LogP contribution in [0, 0.1) is 0 Å². The number of anilines is 2. The third kappa shape index (κ3) is 5.51. The first-order valence-corrected chi connectivity index (χ1v) is 11.0. The average molecular weight is 448 g/mol. The number of pyridine rings is 1. The molecule has 0 atom stereocenters. The standard InChI is InChI=1S/C23H27F3N4O2/c24-23(25,26)18-5-1-2-6-19(18)30-14-12-29(13-15-30)11-3-4-16-32-21-10-8-17-7-9-20(31)27-22(17)28-21/h1-2,5-6,8,10H,3-4,7,9,11-16H2,(H,27,28,31). The number of hydrogen-bond acceptors (Lipinski definition) is 5. The molecule has 1 aromatic carbocycles. The van der Waals surface area contributed by atoms with Gasteiger partial charge in [0.25, 0.3) is 0 Å². The number of amides is 1. The second-order valence-electron chi connectivity index (χ2n) is 8.10. The Hall–Kier alpha value is -2.81. The summed E-state index contributed by atoms with van der Waals surface area (Å²) in [5.41, 5.74) is 0.719. The van der Waals surface area contributed by atoms with Gasteiger partial charge in [0, 0.05) is 44.4 Å². The quantitative estimate of drug-likeness (QED) is 0.650. The second kappa shape index (κ2) is 9.77. The molecule has 9 heteroatoms. The summed E-state index contributed by atoms with van der Waals surface area (Å²) in [7, 11) is 0. The summed E-state index contributed by atoms with van der Waals surface area (Å²) in [6, 6.07) is 9.55. The first kappa shape index (κ1) is 22.4. The molecule has 0 saturated carbocycles. The average Bonchev–Trinajstić information content (AvgIpc) is 2.78. The lowest BCUT2D eigenvalue weighted by atomic mass is 10.1. The van der Waals surface area contributed by atoms with Gasteiger partial charge >= 0.3 is 6.18 Å². The SMILES string of the molecule is O=C1CCc2ccc(OCCCCN3CCN(c4ccccc4C(F)(F)F)CC3)nc2N1. The number of piperazine rings is 1. The van der Waals surface area contributed by atoms with Gasteiger partial charge in [-0.25, -0.2) is 0 Å². The molecule has 2 aliphatic rings. The molecule has 1 amide bonds. The molecule has 2 aliphatic heterocycles. The van der Waals surface area contributed by atoms with E-state index in [9.17, 15) is 18.0 Å². The molecule has 0 aliphatic carbocycles. The summed E-state index contributed by atoms with van der Waals surface area (Å²) >= 11 is 0. The molecular formula is C23H27F3N4O2. The van der Waals surface area contributed by atoms with E-state index in [1.165, 1.54) is 6.07 Å². The summed E-state index contributed by atoms with van der Waals surface area (Å²) in [5.74, 6) is 1.07. The van der Waals surface area contributed by atoms with Crippen molar-refractivity contribution in [2.75, 3.05) is 49.5 Å². The predicted octanol–water partition coefficient (Wildman–Crippen LogP) is 3.97. The molecule has 1 aromatic heterocycles. The van der Waals surface area contributed by atoms with E-state index in [0.29, 0.717) is 44.2 Å². The molecule has 0 spiro atoms. The maximum Gasteiger partial charge on any atom is 0.418 e. The number of carbonyl (C=O) groups excluding carboxylic acids is 1. The third-order valence-electron chi connectivity index (χ3n) is 5.87. The Morgan fingerprint density at radius 2 is 1.78 bits per heavy atom. The largest absolute Gasteiger partial charge is 0.478 e. The smallest absolute Gasteiger partial charge is 0.418 e. The molecule has 6 nitrogen and oxygen atoms in total. The molecule has 172 valence electrons. The van der Waals surface area contributed by atoms with Gasteiger partial charge in [0.1, 0.15) is 5.82 Å². The minimum Gasteiger partial charge on any atom is -0.478 e. The Bertz CT molecular complexity index is 943. The van der Waals surface area contributed by atoms with E-state index in [1.807, 2.05) is 17.0 Å². The minimum atomic E-state index is -4.34. The van der Waals surface area contributed by atoms with Crippen LogP contribution in [-0.2, 0) is 17.4 Å². The first-order valence-electron chi connectivity index (χ1n) is 11.0. The van der Waals surface area contributed by atoms with Gasteiger partial charge in [0.15, 0.2) is 0 Å². The summed E-state index contributed by atoms with van der Waals surface area (Å²) < 4.78 is 45.5. The second-order valence-corrected chi connectivity index (χ2v) is 8.10. The van der Waals surface area contributed by atoms with Crippen molar-refractivity contribution < 1.29 is 22.7 Å². The third-order valence-corrected chi connectivity index (χ3v) is 5.87. The van der Waals surface area contributed by atoms with Crippen molar-refractivity contribution in [1.29, 1.82) is 0 Å². The Kier molecular flexibility index (Phi) is 6.83. The highest BCUT2D eigenvalue weighted by atomic mass is 19.4. The van der Waals surface area contributed by atoms with Gasteiger partial charge < -0.3 is 15.0 Å². The van der Waals surface area contributed by atoms with E-state index < -0.39 is 11.7 Å². The number of fused-ring (bicyclic) bond motifs is 1. The number of aryl methyl sites for hydroxylation is 1. The number of aromatic nitrogens is 1. The topological polar surface area (TPSA) is 57.7 Å². The van der Waals surface area contributed by atoms with Crippen molar-refractivity contribution in [1.82, 2.24) is 9.88 Å². The fourth-order valence-corrected chi connectivity index (χ4v) is 4.12. The van der Waals surface area contributed by atoms with Crippen molar-refractivity contribution in [3.05, 3.63) is 47.5 Å². The number of benzene rings is 1. The van der Waals surface area contributed by atoms with Crippen LogP contribution in [0.4, 0.5) is 24.7 Å². The number of ether oxygens (including phenoxy) is 1. The van der Waals surface area contributed by atoms with Crippen LogP contribution < -0.4 is 15.0 Å². The van der Waals surface area contributed by atoms with Gasteiger partial charge in [0.05, 0.1) is 12.2 Å². The number of nitrogens with one attached hydrogen (secondary N) is 1. The van der Waals surface area contributed by atoms with Crippen LogP contribution in [0.2, 0.25) is 0 Å². The lowest BCUT2D eigenvalue weighted by Gasteiger charge is -2.37. The number of alkyl halides is 3. The molecule has 0 bridgehead atoms. The zero-order chi connectivity index (χ0) is 22.6. The van der Waals surface area contributed by atoms with E-state index in [-0.39, 0.29) is 11.6 Å². The molecule has 1 saturated heterocycles. The molecule has 1 fully saturated rings. The molecule has 1 N–H and O–H groups in total. The van der Waals surface area contributed by atoms with E-state index >= 15 is 0 Å². The number of para-hydroxylation sites is 1. The van der Waals surface area contributed by atoms with Gasteiger partial charge in [0.2, 0.25) is 11.8 Å². The summed E-state index contributed by atoms with van der Waals surface area (Å²) in [6.45, 7) is 4.03. The molecule has 0 radical (unpaired) electrons. The number of nitrogens with zero attached hydrogens (tertiary/aromatic N) is 3. The van der Waals surface area contributed by atoms with Crippen molar-refractivity contribution >= 4 is 17.4 Å². The molecular weight excluding hydrogens is 421 g/mol. The Labute approximate surface area is 185 Å². The summed E-state index contributed by atoms with van der Waals surface area (Å²) in [4.78, 5) is 20.0. The number of halogens is 3. The van der Waals surface area contributed by atoms with Gasteiger partial charge in [-0.2, -0.15) is 18.2 Å². The normalized spacial score (nSPS) is 17.1. The van der Waals surface area contributed by atoms with Crippen LogP contribution in [0.1, 0.15) is 30.4 Å².